The minimum Gasteiger partial charge on any atom is -0.352 e. The van der Waals surface area contributed by atoms with E-state index in [-0.39, 0.29) is 17.5 Å². The number of carbonyl (C=O) groups excluding carboxylic acids is 1. The van der Waals surface area contributed by atoms with Gasteiger partial charge in [0.25, 0.3) is 6.43 Å². The van der Waals surface area contributed by atoms with Crippen molar-refractivity contribution in [3.63, 3.8) is 0 Å². The maximum Gasteiger partial charge on any atom is 0.263 e. The summed E-state index contributed by atoms with van der Waals surface area (Å²) in [4.78, 5) is 11.7. The number of benzene rings is 1. The molecule has 1 fully saturated rings. The van der Waals surface area contributed by atoms with E-state index in [0.717, 1.165) is 18.4 Å². The minimum atomic E-state index is -2.44. The molecule has 19 heavy (non-hydrogen) atoms. The summed E-state index contributed by atoms with van der Waals surface area (Å²) in [7, 11) is 0. The van der Waals surface area contributed by atoms with Crippen molar-refractivity contribution in [1.82, 2.24) is 10.6 Å². The largest absolute Gasteiger partial charge is 0.352 e. The first kappa shape index (κ1) is 13.9. The Hall–Kier alpha value is -1.49. The molecule has 1 atom stereocenters. The molecule has 0 radical (unpaired) electrons. The van der Waals surface area contributed by atoms with E-state index in [1.165, 1.54) is 12.1 Å². The first-order chi connectivity index (χ1) is 9.06. The molecule has 1 saturated carbocycles. The highest BCUT2D eigenvalue weighted by Crippen LogP contribution is 2.19. The van der Waals surface area contributed by atoms with Crippen molar-refractivity contribution in [3.8, 4) is 0 Å². The van der Waals surface area contributed by atoms with Crippen LogP contribution < -0.4 is 10.6 Å². The van der Waals surface area contributed by atoms with Gasteiger partial charge in [-0.2, -0.15) is 0 Å². The van der Waals surface area contributed by atoms with E-state index in [1.807, 2.05) is 0 Å². The van der Waals surface area contributed by atoms with Crippen molar-refractivity contribution in [1.29, 1.82) is 0 Å². The van der Waals surface area contributed by atoms with E-state index in [0.29, 0.717) is 12.6 Å². The summed E-state index contributed by atoms with van der Waals surface area (Å²) in [5.41, 5.74) is 0.902. The molecule has 1 aliphatic rings. The molecule has 2 rings (SSSR count). The number of carbonyl (C=O) groups is 1. The second-order valence-corrected chi connectivity index (χ2v) is 4.93. The van der Waals surface area contributed by atoms with Crippen LogP contribution in [0.3, 0.4) is 0 Å². The fraction of sp³-hybridized carbons (Fsp3) is 0.500. The number of nitrogens with one attached hydrogen (secondary N) is 2. The summed E-state index contributed by atoms with van der Waals surface area (Å²) in [6.45, 7) is 2.29. The summed E-state index contributed by atoms with van der Waals surface area (Å²) in [5.74, 6) is -0.00768. The van der Waals surface area contributed by atoms with Crippen LogP contribution in [0, 0.1) is 0 Å². The van der Waals surface area contributed by atoms with Gasteiger partial charge in [-0.25, -0.2) is 8.78 Å². The molecule has 0 spiro atoms. The number of amides is 1. The highest BCUT2D eigenvalue weighted by molar-refractivity contribution is 5.81. The van der Waals surface area contributed by atoms with Gasteiger partial charge in [0.2, 0.25) is 5.91 Å². The molecule has 2 N–H and O–H groups in total. The zero-order valence-corrected chi connectivity index (χ0v) is 10.8. The van der Waals surface area contributed by atoms with E-state index in [1.54, 1.807) is 19.1 Å². The second kappa shape index (κ2) is 6.10. The number of alkyl halides is 2. The van der Waals surface area contributed by atoms with Gasteiger partial charge in [-0.15, -0.1) is 0 Å². The summed E-state index contributed by atoms with van der Waals surface area (Å²) in [6, 6.07) is 6.20. The molecule has 0 aliphatic heterocycles. The predicted octanol–water partition coefficient (Wildman–Crippen LogP) is 2.38. The van der Waals surface area contributed by atoms with Crippen molar-refractivity contribution in [2.75, 3.05) is 0 Å². The molecule has 0 bridgehead atoms. The van der Waals surface area contributed by atoms with Crippen LogP contribution >= 0.6 is 0 Å². The lowest BCUT2D eigenvalue weighted by Crippen LogP contribution is -2.42. The minimum absolute atomic E-state index is 0.00768. The Kier molecular flexibility index (Phi) is 4.47. The van der Waals surface area contributed by atoms with Crippen LogP contribution in [0.5, 0.6) is 0 Å². The van der Waals surface area contributed by atoms with Crippen molar-refractivity contribution >= 4 is 5.91 Å². The number of rotatable bonds is 6. The van der Waals surface area contributed by atoms with Crippen LogP contribution in [-0.4, -0.2) is 18.0 Å². The zero-order chi connectivity index (χ0) is 13.8. The smallest absolute Gasteiger partial charge is 0.263 e. The molecule has 1 aromatic carbocycles. The lowest BCUT2D eigenvalue weighted by molar-refractivity contribution is -0.122. The van der Waals surface area contributed by atoms with E-state index >= 15 is 0 Å². The molecule has 0 heterocycles. The Balaban J connectivity index is 1.78. The Morgan fingerprint density at radius 2 is 1.95 bits per heavy atom. The van der Waals surface area contributed by atoms with Crippen LogP contribution in [0.4, 0.5) is 8.78 Å². The second-order valence-electron chi connectivity index (χ2n) is 4.93. The Bertz CT molecular complexity index is 430. The van der Waals surface area contributed by atoms with Crippen LogP contribution in [0.2, 0.25) is 0 Å². The van der Waals surface area contributed by atoms with Crippen LogP contribution in [0.15, 0.2) is 24.3 Å². The monoisotopic (exact) mass is 268 g/mol. The molecule has 1 aromatic rings. The quantitative estimate of drug-likeness (QED) is 0.831. The third-order valence-corrected chi connectivity index (χ3v) is 3.16. The lowest BCUT2D eigenvalue weighted by atomic mass is 10.1. The maximum absolute atomic E-state index is 12.4. The van der Waals surface area contributed by atoms with Gasteiger partial charge < -0.3 is 10.6 Å². The lowest BCUT2D eigenvalue weighted by Gasteiger charge is -2.14. The Morgan fingerprint density at radius 3 is 2.47 bits per heavy atom. The van der Waals surface area contributed by atoms with Gasteiger partial charge in [0.1, 0.15) is 0 Å². The molecule has 0 aromatic heterocycles. The van der Waals surface area contributed by atoms with Crippen molar-refractivity contribution in [3.05, 3.63) is 35.4 Å². The summed E-state index contributed by atoms with van der Waals surface area (Å²) in [5, 5.41) is 5.99. The standard InChI is InChI=1S/C14H18F2N2O/c1-9(14(19)18-12-6-7-12)17-8-10-2-4-11(5-3-10)13(15)16/h2-5,9,12-13,17H,6-8H2,1H3,(H,18,19). The topological polar surface area (TPSA) is 41.1 Å². The molecule has 3 nitrogen and oxygen atoms in total. The highest BCUT2D eigenvalue weighted by atomic mass is 19.3. The van der Waals surface area contributed by atoms with Gasteiger partial charge in [-0.3, -0.25) is 4.79 Å². The van der Waals surface area contributed by atoms with Gasteiger partial charge in [0.15, 0.2) is 0 Å². The van der Waals surface area contributed by atoms with Crippen molar-refractivity contribution in [2.45, 2.75) is 44.8 Å². The first-order valence-corrected chi connectivity index (χ1v) is 6.47. The Labute approximate surface area is 111 Å². The normalized spacial score (nSPS) is 16.4. The predicted molar refractivity (Wildman–Crippen MR) is 68.9 cm³/mol. The average Bonchev–Trinajstić information content (AvgIpc) is 3.20. The zero-order valence-electron chi connectivity index (χ0n) is 10.8. The molecule has 104 valence electrons. The van der Waals surface area contributed by atoms with E-state index in [9.17, 15) is 13.6 Å². The van der Waals surface area contributed by atoms with Crippen molar-refractivity contribution in [2.24, 2.45) is 0 Å². The first-order valence-electron chi connectivity index (χ1n) is 6.47. The molecular formula is C14H18F2N2O. The van der Waals surface area contributed by atoms with Gasteiger partial charge in [-0.05, 0) is 25.3 Å². The molecule has 1 unspecified atom stereocenters. The van der Waals surface area contributed by atoms with Gasteiger partial charge in [0.05, 0.1) is 6.04 Å². The fourth-order valence-corrected chi connectivity index (χ4v) is 1.70. The summed E-state index contributed by atoms with van der Waals surface area (Å²) < 4.78 is 24.8. The van der Waals surface area contributed by atoms with Crippen LogP contribution in [0.25, 0.3) is 0 Å². The SMILES string of the molecule is CC(NCc1ccc(C(F)F)cc1)C(=O)NC1CC1. The van der Waals surface area contributed by atoms with E-state index in [2.05, 4.69) is 10.6 Å². The number of hydrogen-bond donors (Lipinski definition) is 2. The summed E-state index contributed by atoms with van der Waals surface area (Å²) in [6.07, 6.45) is -0.313. The summed E-state index contributed by atoms with van der Waals surface area (Å²) >= 11 is 0. The Morgan fingerprint density at radius 1 is 1.32 bits per heavy atom. The van der Waals surface area contributed by atoms with E-state index < -0.39 is 6.43 Å². The number of hydrogen-bond acceptors (Lipinski definition) is 2. The van der Waals surface area contributed by atoms with Crippen LogP contribution in [0.1, 0.15) is 37.3 Å². The maximum atomic E-state index is 12.4. The molecule has 0 saturated heterocycles. The highest BCUT2D eigenvalue weighted by Gasteiger charge is 2.25. The van der Waals surface area contributed by atoms with Crippen molar-refractivity contribution < 1.29 is 13.6 Å². The molecular weight excluding hydrogens is 250 g/mol. The molecule has 5 heteroatoms. The van der Waals surface area contributed by atoms with E-state index in [4.69, 9.17) is 0 Å². The fourth-order valence-electron chi connectivity index (χ4n) is 1.70. The molecule has 1 amide bonds. The van der Waals surface area contributed by atoms with Gasteiger partial charge in [-0.1, -0.05) is 24.3 Å². The third kappa shape index (κ3) is 4.28. The molecule has 1 aliphatic carbocycles. The van der Waals surface area contributed by atoms with Gasteiger partial charge >= 0.3 is 0 Å². The average molecular weight is 268 g/mol. The van der Waals surface area contributed by atoms with Crippen LogP contribution in [-0.2, 0) is 11.3 Å². The number of halogens is 2. The van der Waals surface area contributed by atoms with Gasteiger partial charge in [0, 0.05) is 18.2 Å². The third-order valence-electron chi connectivity index (χ3n) is 3.16.